The number of halogens is 2. The molecule has 3 aliphatic rings. The highest BCUT2D eigenvalue weighted by Gasteiger charge is 2.80. The van der Waals surface area contributed by atoms with Crippen LogP contribution in [-0.2, 0) is 19.7 Å². The zero-order valence-electron chi connectivity index (χ0n) is 8.19. The summed E-state index contributed by atoms with van der Waals surface area (Å²) in [6.07, 6.45) is 1.09. The Morgan fingerprint density at radius 1 is 0.875 bits per heavy atom. The van der Waals surface area contributed by atoms with Gasteiger partial charge < -0.3 is 0 Å². The van der Waals surface area contributed by atoms with Gasteiger partial charge in [0.1, 0.15) is 9.42 Å². The van der Waals surface area contributed by atoms with Gasteiger partial charge in [0, 0.05) is 10.8 Å². The third kappa shape index (κ3) is 0.955. The summed E-state index contributed by atoms with van der Waals surface area (Å²) in [4.78, 5) is 0. The predicted octanol–water partition coefficient (Wildman–Crippen LogP) is 0.740. The molecule has 3 rings (SSSR count). The molecular weight excluding hydrogens is 295 g/mol. The number of hydrogen-bond donors (Lipinski definition) is 0. The maximum absolute atomic E-state index is 11.8. The van der Waals surface area contributed by atoms with Crippen molar-refractivity contribution in [3.8, 4) is 0 Å². The molecule has 8 heteroatoms. The number of sulfone groups is 2. The fourth-order valence-corrected chi connectivity index (χ4v) is 10.5. The first kappa shape index (κ1) is 11.6. The van der Waals surface area contributed by atoms with Crippen molar-refractivity contribution >= 4 is 42.9 Å². The summed E-state index contributed by atoms with van der Waals surface area (Å²) in [6.45, 7) is 0. The van der Waals surface area contributed by atoms with E-state index in [0.29, 0.717) is 12.8 Å². The molecule has 0 N–H and O–H groups in total. The monoisotopic (exact) mass is 304 g/mol. The van der Waals surface area contributed by atoms with Gasteiger partial charge in [-0.25, -0.2) is 16.8 Å². The SMILES string of the molecule is O=S1(=O)CC23CCC2([C@H]1Cl)[C@@H](Cl)S(=O)(=O)C3. The highest BCUT2D eigenvalue weighted by atomic mass is 35.5. The van der Waals surface area contributed by atoms with Crippen molar-refractivity contribution in [2.45, 2.75) is 22.3 Å². The second kappa shape index (κ2) is 2.73. The van der Waals surface area contributed by atoms with E-state index in [1.54, 1.807) is 0 Å². The lowest BCUT2D eigenvalue weighted by Gasteiger charge is -2.50. The van der Waals surface area contributed by atoms with Crippen LogP contribution in [0.2, 0.25) is 0 Å². The Morgan fingerprint density at radius 3 is 1.56 bits per heavy atom. The lowest BCUT2D eigenvalue weighted by Crippen LogP contribution is -2.53. The van der Waals surface area contributed by atoms with Crippen LogP contribution in [-0.4, -0.2) is 37.8 Å². The molecule has 2 aliphatic heterocycles. The van der Waals surface area contributed by atoms with Gasteiger partial charge in [0.15, 0.2) is 19.7 Å². The molecule has 3 fully saturated rings. The van der Waals surface area contributed by atoms with Crippen LogP contribution in [0, 0.1) is 10.8 Å². The van der Waals surface area contributed by atoms with Gasteiger partial charge in [-0.3, -0.25) is 0 Å². The predicted molar refractivity (Wildman–Crippen MR) is 61.0 cm³/mol. The second-order valence-electron chi connectivity index (χ2n) is 5.07. The average Bonchev–Trinajstić information content (AvgIpc) is 2.29. The minimum Gasteiger partial charge on any atom is -0.227 e. The van der Waals surface area contributed by atoms with E-state index in [0.717, 1.165) is 0 Å². The summed E-state index contributed by atoms with van der Waals surface area (Å²) in [5.74, 6) is -0.257. The van der Waals surface area contributed by atoms with Gasteiger partial charge in [-0.05, 0) is 12.8 Å². The van der Waals surface area contributed by atoms with Crippen LogP contribution in [0.3, 0.4) is 0 Å². The third-order valence-corrected chi connectivity index (χ3v) is 10.8. The molecule has 0 unspecified atom stereocenters. The summed E-state index contributed by atoms with van der Waals surface area (Å²) in [5.41, 5.74) is -1.64. The maximum atomic E-state index is 11.8. The van der Waals surface area contributed by atoms with Crippen molar-refractivity contribution in [1.82, 2.24) is 0 Å². The average molecular weight is 305 g/mol. The lowest BCUT2D eigenvalue weighted by atomic mass is 9.53. The zero-order valence-corrected chi connectivity index (χ0v) is 11.3. The standard InChI is InChI=1S/C8H10Cl2O4S2/c9-5-8-2-1-7(8,3-15(5,11)12)4-16(13,14)6(8)10/h5-6H,1-4H2/t5-,6-,7?,8?/m0/s1. The van der Waals surface area contributed by atoms with Crippen LogP contribution >= 0.6 is 23.2 Å². The Balaban J connectivity index is 2.26. The summed E-state index contributed by atoms with van der Waals surface area (Å²) < 4.78 is 44.9. The quantitative estimate of drug-likeness (QED) is 0.619. The molecule has 2 atom stereocenters. The molecule has 0 aromatic rings. The molecule has 16 heavy (non-hydrogen) atoms. The molecule has 2 heterocycles. The van der Waals surface area contributed by atoms with Gasteiger partial charge in [-0.15, -0.1) is 23.2 Å². The topological polar surface area (TPSA) is 68.3 Å². The fraction of sp³-hybridized carbons (Fsp3) is 1.00. The molecule has 0 aromatic carbocycles. The van der Waals surface area contributed by atoms with Gasteiger partial charge in [-0.2, -0.15) is 0 Å². The summed E-state index contributed by atoms with van der Waals surface area (Å²) >= 11 is 11.9. The molecule has 0 spiro atoms. The molecule has 0 radical (unpaired) electrons. The highest BCUT2D eigenvalue weighted by Crippen LogP contribution is 2.74. The van der Waals surface area contributed by atoms with Crippen molar-refractivity contribution in [2.24, 2.45) is 10.8 Å². The van der Waals surface area contributed by atoms with E-state index < -0.39 is 39.9 Å². The van der Waals surface area contributed by atoms with Crippen LogP contribution in [0.25, 0.3) is 0 Å². The molecule has 1 aliphatic carbocycles. The van der Waals surface area contributed by atoms with Crippen molar-refractivity contribution in [3.05, 3.63) is 0 Å². The smallest absolute Gasteiger partial charge is 0.168 e. The third-order valence-electron chi connectivity index (χ3n) is 4.40. The molecular formula is C8H10Cl2O4S2. The van der Waals surface area contributed by atoms with E-state index in [-0.39, 0.29) is 11.5 Å². The van der Waals surface area contributed by atoms with Gasteiger partial charge >= 0.3 is 0 Å². The van der Waals surface area contributed by atoms with Crippen molar-refractivity contribution < 1.29 is 16.8 Å². The van der Waals surface area contributed by atoms with E-state index in [4.69, 9.17) is 23.2 Å². The van der Waals surface area contributed by atoms with Gasteiger partial charge in [0.2, 0.25) is 0 Å². The molecule has 4 nitrogen and oxygen atoms in total. The Labute approximate surface area is 104 Å². The Morgan fingerprint density at radius 2 is 1.31 bits per heavy atom. The Bertz CT molecular complexity index is 523. The van der Waals surface area contributed by atoms with Crippen LogP contribution in [0.1, 0.15) is 12.8 Å². The van der Waals surface area contributed by atoms with Crippen LogP contribution in [0.4, 0.5) is 0 Å². The molecule has 0 amide bonds. The number of rotatable bonds is 0. The molecule has 0 bridgehead atoms. The van der Waals surface area contributed by atoms with E-state index >= 15 is 0 Å². The first-order valence-electron chi connectivity index (χ1n) is 4.89. The Hall–Kier alpha value is 0.480. The Kier molecular flexibility index (Phi) is 1.97. The number of hydrogen-bond acceptors (Lipinski definition) is 4. The highest BCUT2D eigenvalue weighted by molar-refractivity contribution is 7.95. The van der Waals surface area contributed by atoms with Crippen LogP contribution in [0.5, 0.6) is 0 Å². The minimum atomic E-state index is -3.41. The lowest BCUT2D eigenvalue weighted by molar-refractivity contribution is 0.00914. The normalized spacial score (nSPS) is 56.4. The molecule has 1 saturated carbocycles. The largest absolute Gasteiger partial charge is 0.227 e. The summed E-state index contributed by atoms with van der Waals surface area (Å²) in [6, 6.07) is 0. The van der Waals surface area contributed by atoms with E-state index in [2.05, 4.69) is 0 Å². The van der Waals surface area contributed by atoms with Gasteiger partial charge in [-0.1, -0.05) is 0 Å². The summed E-state index contributed by atoms with van der Waals surface area (Å²) in [7, 11) is -6.81. The van der Waals surface area contributed by atoms with Crippen molar-refractivity contribution in [2.75, 3.05) is 11.5 Å². The molecule has 2 saturated heterocycles. The first-order valence-corrected chi connectivity index (χ1v) is 9.20. The molecule has 0 aromatic heterocycles. The second-order valence-corrected chi connectivity index (χ2v) is 10.6. The number of alkyl halides is 2. The fourth-order valence-electron chi connectivity index (χ4n) is 3.59. The van der Waals surface area contributed by atoms with Crippen molar-refractivity contribution in [3.63, 3.8) is 0 Å². The van der Waals surface area contributed by atoms with Gasteiger partial charge in [0.05, 0.1) is 11.5 Å². The minimum absolute atomic E-state index is 0.128. The van der Waals surface area contributed by atoms with E-state index in [1.165, 1.54) is 0 Å². The van der Waals surface area contributed by atoms with E-state index in [1.807, 2.05) is 0 Å². The maximum Gasteiger partial charge on any atom is 0.168 e. The van der Waals surface area contributed by atoms with Crippen molar-refractivity contribution in [1.29, 1.82) is 0 Å². The zero-order chi connectivity index (χ0) is 12.0. The summed E-state index contributed by atoms with van der Waals surface area (Å²) in [5, 5.41) is 0. The molecule has 92 valence electrons. The van der Waals surface area contributed by atoms with Gasteiger partial charge in [0.25, 0.3) is 0 Å². The first-order chi connectivity index (χ1) is 7.18. The van der Waals surface area contributed by atoms with Crippen LogP contribution in [0.15, 0.2) is 0 Å². The van der Waals surface area contributed by atoms with Crippen LogP contribution < -0.4 is 0 Å². The van der Waals surface area contributed by atoms with E-state index in [9.17, 15) is 16.8 Å².